The van der Waals surface area contributed by atoms with Gasteiger partial charge in [-0.2, -0.15) is 0 Å². The third-order valence-corrected chi connectivity index (χ3v) is 2.66. The molecule has 0 saturated carbocycles. The summed E-state index contributed by atoms with van der Waals surface area (Å²) in [6, 6.07) is 0. The zero-order chi connectivity index (χ0) is 9.35. The molecule has 1 atom stereocenters. The molecule has 0 heterocycles. The van der Waals surface area contributed by atoms with Crippen LogP contribution >= 0.6 is 0 Å². The van der Waals surface area contributed by atoms with Gasteiger partial charge in [0.2, 0.25) is 0 Å². The highest BCUT2D eigenvalue weighted by atomic mass is 16.3. The number of aliphatic hydroxyl groups is 1. The standard InChI is InChI=1S/C10H16O2/c1-7-4-5-9(8(7)6-11)10(2,3)12/h6,9,12H,4-5H2,1-3H3. The number of allylic oxidation sites excluding steroid dienone is 1. The molecule has 0 saturated heterocycles. The number of carbonyl (C=O) groups excluding carboxylic acids is 1. The lowest BCUT2D eigenvalue weighted by Gasteiger charge is -2.26. The summed E-state index contributed by atoms with van der Waals surface area (Å²) in [6.45, 7) is 5.50. The molecule has 68 valence electrons. The Kier molecular flexibility index (Phi) is 2.38. The average Bonchev–Trinajstić information content (AvgIpc) is 2.29. The van der Waals surface area contributed by atoms with E-state index in [1.54, 1.807) is 13.8 Å². The Bertz CT molecular complexity index is 220. The summed E-state index contributed by atoms with van der Waals surface area (Å²) in [5, 5.41) is 9.74. The van der Waals surface area contributed by atoms with Gasteiger partial charge in [-0.15, -0.1) is 0 Å². The molecule has 0 radical (unpaired) electrons. The van der Waals surface area contributed by atoms with Gasteiger partial charge in [-0.3, -0.25) is 4.79 Å². The maximum absolute atomic E-state index is 10.7. The van der Waals surface area contributed by atoms with Gasteiger partial charge in [-0.25, -0.2) is 0 Å². The maximum atomic E-state index is 10.7. The monoisotopic (exact) mass is 168 g/mol. The van der Waals surface area contributed by atoms with E-state index in [2.05, 4.69) is 0 Å². The third-order valence-electron chi connectivity index (χ3n) is 2.66. The van der Waals surface area contributed by atoms with Gasteiger partial charge < -0.3 is 5.11 Å². The molecular formula is C10H16O2. The highest BCUT2D eigenvalue weighted by molar-refractivity contribution is 5.76. The molecule has 2 nitrogen and oxygen atoms in total. The lowest BCUT2D eigenvalue weighted by Crippen LogP contribution is -2.30. The lowest BCUT2D eigenvalue weighted by atomic mass is 9.86. The molecule has 0 aromatic heterocycles. The molecule has 0 fully saturated rings. The van der Waals surface area contributed by atoms with Gasteiger partial charge >= 0.3 is 0 Å². The molecule has 0 aromatic rings. The van der Waals surface area contributed by atoms with Crippen molar-refractivity contribution < 1.29 is 9.90 Å². The van der Waals surface area contributed by atoms with E-state index in [9.17, 15) is 9.90 Å². The van der Waals surface area contributed by atoms with Crippen molar-refractivity contribution in [1.29, 1.82) is 0 Å². The first-order chi connectivity index (χ1) is 5.46. The molecule has 12 heavy (non-hydrogen) atoms. The van der Waals surface area contributed by atoms with Crippen LogP contribution in [0.1, 0.15) is 33.6 Å². The van der Waals surface area contributed by atoms with Crippen LogP contribution in [-0.4, -0.2) is 17.0 Å². The molecule has 1 aliphatic carbocycles. The molecule has 1 rings (SSSR count). The van der Waals surface area contributed by atoms with Crippen LogP contribution in [0.5, 0.6) is 0 Å². The fourth-order valence-corrected chi connectivity index (χ4v) is 1.87. The van der Waals surface area contributed by atoms with Gasteiger partial charge in [0.1, 0.15) is 6.29 Å². The van der Waals surface area contributed by atoms with Crippen LogP contribution in [0.3, 0.4) is 0 Å². The predicted octanol–water partition coefficient (Wildman–Crippen LogP) is 1.68. The van der Waals surface area contributed by atoms with Crippen LogP contribution in [0.4, 0.5) is 0 Å². The molecule has 0 aromatic carbocycles. The van der Waals surface area contributed by atoms with Crippen LogP contribution < -0.4 is 0 Å². The van der Waals surface area contributed by atoms with Crippen molar-refractivity contribution in [1.82, 2.24) is 0 Å². The summed E-state index contributed by atoms with van der Waals surface area (Å²) in [5.41, 5.74) is 1.19. The van der Waals surface area contributed by atoms with Crippen molar-refractivity contribution in [3.63, 3.8) is 0 Å². The smallest absolute Gasteiger partial charge is 0.146 e. The molecule has 1 N–H and O–H groups in total. The highest BCUT2D eigenvalue weighted by Gasteiger charge is 2.34. The Hall–Kier alpha value is -0.630. The van der Waals surface area contributed by atoms with E-state index in [4.69, 9.17) is 0 Å². The summed E-state index contributed by atoms with van der Waals surface area (Å²) < 4.78 is 0. The van der Waals surface area contributed by atoms with E-state index in [1.807, 2.05) is 6.92 Å². The maximum Gasteiger partial charge on any atom is 0.146 e. The zero-order valence-electron chi connectivity index (χ0n) is 7.92. The van der Waals surface area contributed by atoms with E-state index >= 15 is 0 Å². The summed E-state index contributed by atoms with van der Waals surface area (Å²) in [5.74, 6) is 0.0370. The summed E-state index contributed by atoms with van der Waals surface area (Å²) >= 11 is 0. The Labute approximate surface area is 73.3 Å². The van der Waals surface area contributed by atoms with Crippen molar-refractivity contribution in [3.8, 4) is 0 Å². The summed E-state index contributed by atoms with van der Waals surface area (Å²) in [6.07, 6.45) is 2.75. The van der Waals surface area contributed by atoms with E-state index in [-0.39, 0.29) is 5.92 Å². The number of rotatable bonds is 2. The van der Waals surface area contributed by atoms with Crippen LogP contribution in [0.2, 0.25) is 0 Å². The number of hydrogen-bond acceptors (Lipinski definition) is 2. The van der Waals surface area contributed by atoms with Crippen LogP contribution in [-0.2, 0) is 4.79 Å². The van der Waals surface area contributed by atoms with Gasteiger partial charge in [0.05, 0.1) is 5.60 Å². The second-order valence-corrected chi connectivity index (χ2v) is 4.10. The Morgan fingerprint density at radius 1 is 1.58 bits per heavy atom. The quantitative estimate of drug-likeness (QED) is 0.637. The molecular weight excluding hydrogens is 152 g/mol. The first-order valence-electron chi connectivity index (χ1n) is 4.34. The lowest BCUT2D eigenvalue weighted by molar-refractivity contribution is -0.106. The Morgan fingerprint density at radius 3 is 2.50 bits per heavy atom. The number of aldehydes is 1. The fourth-order valence-electron chi connectivity index (χ4n) is 1.87. The van der Waals surface area contributed by atoms with Crippen molar-refractivity contribution >= 4 is 6.29 Å². The number of hydrogen-bond donors (Lipinski definition) is 1. The van der Waals surface area contributed by atoms with Crippen LogP contribution in [0.15, 0.2) is 11.1 Å². The van der Waals surface area contributed by atoms with Crippen LogP contribution in [0.25, 0.3) is 0 Å². The van der Waals surface area contributed by atoms with Gasteiger partial charge in [0, 0.05) is 5.92 Å². The molecule has 0 spiro atoms. The first kappa shape index (κ1) is 9.46. The fraction of sp³-hybridized carbons (Fsp3) is 0.700. The first-order valence-corrected chi connectivity index (χ1v) is 4.34. The van der Waals surface area contributed by atoms with E-state index in [1.165, 1.54) is 0 Å². The second-order valence-electron chi connectivity index (χ2n) is 4.10. The highest BCUT2D eigenvalue weighted by Crippen LogP contribution is 2.37. The largest absolute Gasteiger partial charge is 0.390 e. The minimum Gasteiger partial charge on any atom is -0.390 e. The van der Waals surface area contributed by atoms with Crippen molar-refractivity contribution in [3.05, 3.63) is 11.1 Å². The molecule has 0 amide bonds. The predicted molar refractivity (Wildman–Crippen MR) is 47.8 cm³/mol. The van der Waals surface area contributed by atoms with Crippen molar-refractivity contribution in [2.45, 2.75) is 39.2 Å². The molecule has 0 bridgehead atoms. The van der Waals surface area contributed by atoms with Crippen molar-refractivity contribution in [2.75, 3.05) is 0 Å². The number of carbonyl (C=O) groups is 1. The minimum absolute atomic E-state index is 0.0370. The average molecular weight is 168 g/mol. The molecule has 1 aliphatic rings. The van der Waals surface area contributed by atoms with E-state index < -0.39 is 5.60 Å². The van der Waals surface area contributed by atoms with Gasteiger partial charge in [0.25, 0.3) is 0 Å². The minimum atomic E-state index is -0.756. The van der Waals surface area contributed by atoms with Gasteiger partial charge in [-0.05, 0) is 39.2 Å². The summed E-state index contributed by atoms with van der Waals surface area (Å²) in [7, 11) is 0. The molecule has 0 aliphatic heterocycles. The zero-order valence-corrected chi connectivity index (χ0v) is 7.92. The second kappa shape index (κ2) is 3.02. The van der Waals surface area contributed by atoms with Gasteiger partial charge in [0.15, 0.2) is 0 Å². The summed E-state index contributed by atoms with van der Waals surface area (Å²) in [4.78, 5) is 10.7. The Balaban J connectivity index is 2.90. The van der Waals surface area contributed by atoms with E-state index in [0.717, 1.165) is 30.3 Å². The third kappa shape index (κ3) is 1.58. The van der Waals surface area contributed by atoms with Crippen molar-refractivity contribution in [2.24, 2.45) is 5.92 Å². The Morgan fingerprint density at radius 2 is 2.17 bits per heavy atom. The van der Waals surface area contributed by atoms with Gasteiger partial charge in [-0.1, -0.05) is 5.57 Å². The SMILES string of the molecule is CC1=C(C=O)C(C(C)(C)O)CC1. The van der Waals surface area contributed by atoms with E-state index in [0.29, 0.717) is 0 Å². The topological polar surface area (TPSA) is 37.3 Å². The van der Waals surface area contributed by atoms with Crippen LogP contribution in [0, 0.1) is 5.92 Å². The molecule has 2 heteroatoms. The molecule has 1 unspecified atom stereocenters. The normalized spacial score (nSPS) is 24.8.